The Kier molecular flexibility index (Phi) is 6.97. The largest absolute Gasteiger partial charge is 0.465 e. The van der Waals surface area contributed by atoms with E-state index >= 15 is 0 Å². The lowest BCUT2D eigenvalue weighted by Gasteiger charge is -2.15. The van der Waals surface area contributed by atoms with Gasteiger partial charge in [0.05, 0.1) is 6.26 Å². The van der Waals surface area contributed by atoms with Gasteiger partial charge in [-0.3, -0.25) is 0 Å². The van der Waals surface area contributed by atoms with Crippen LogP contribution >= 0.6 is 0 Å². The predicted octanol–water partition coefficient (Wildman–Crippen LogP) is 6.46. The topological polar surface area (TPSA) is 13.1 Å². The molecule has 0 aliphatic carbocycles. The molecule has 0 radical (unpaired) electrons. The maximum absolute atomic E-state index is 5.57. The Labute approximate surface area is 119 Å². The molecule has 0 aliphatic heterocycles. The van der Waals surface area contributed by atoms with Crippen molar-refractivity contribution in [3.05, 3.63) is 30.2 Å². The Balaban J connectivity index is 2.46. The fourth-order valence-corrected chi connectivity index (χ4v) is 2.35. The highest BCUT2D eigenvalue weighted by molar-refractivity contribution is 5.61. The minimum absolute atomic E-state index is 0.213. The lowest BCUT2D eigenvalue weighted by molar-refractivity contribution is 0.526. The summed E-state index contributed by atoms with van der Waals surface area (Å²) in [6, 6.07) is 4.06. The van der Waals surface area contributed by atoms with Gasteiger partial charge >= 0.3 is 0 Å². The summed E-state index contributed by atoms with van der Waals surface area (Å²) in [5, 5.41) is 0. The van der Waals surface area contributed by atoms with E-state index in [0.717, 1.165) is 12.2 Å². The lowest BCUT2D eigenvalue weighted by Crippen LogP contribution is -2.01. The Morgan fingerprint density at radius 3 is 2.37 bits per heavy atom. The highest BCUT2D eigenvalue weighted by Gasteiger charge is 2.11. The number of allylic oxidation sites excluding steroid dienone is 2. The van der Waals surface area contributed by atoms with Crippen LogP contribution < -0.4 is 0 Å². The van der Waals surface area contributed by atoms with Crippen molar-refractivity contribution in [2.75, 3.05) is 0 Å². The molecular weight excluding hydrogens is 232 g/mol. The van der Waals surface area contributed by atoms with Crippen molar-refractivity contribution in [1.29, 1.82) is 0 Å². The summed E-state index contributed by atoms with van der Waals surface area (Å²) in [7, 11) is 0. The van der Waals surface area contributed by atoms with E-state index < -0.39 is 0 Å². The molecule has 1 nitrogen and oxygen atoms in total. The third kappa shape index (κ3) is 7.25. The molecule has 19 heavy (non-hydrogen) atoms. The van der Waals surface area contributed by atoms with Gasteiger partial charge in [-0.25, -0.2) is 0 Å². The molecule has 1 aromatic rings. The van der Waals surface area contributed by atoms with Gasteiger partial charge in [-0.2, -0.15) is 0 Å². The van der Waals surface area contributed by atoms with E-state index in [2.05, 4.69) is 39.8 Å². The van der Waals surface area contributed by atoms with Gasteiger partial charge in [-0.05, 0) is 36.0 Å². The molecule has 1 heteroatoms. The minimum Gasteiger partial charge on any atom is -0.465 e. The average molecular weight is 262 g/mol. The second-order valence-electron chi connectivity index (χ2n) is 6.53. The average Bonchev–Trinajstić information content (AvgIpc) is 2.84. The second kappa shape index (κ2) is 8.24. The Morgan fingerprint density at radius 2 is 1.79 bits per heavy atom. The maximum Gasteiger partial charge on any atom is 0.129 e. The third-order valence-electron chi connectivity index (χ3n) is 3.24. The molecule has 0 saturated heterocycles. The molecule has 0 fully saturated rings. The first-order valence-electron chi connectivity index (χ1n) is 7.78. The van der Waals surface area contributed by atoms with Crippen LogP contribution in [0.15, 0.2) is 28.9 Å². The van der Waals surface area contributed by atoms with Crippen LogP contribution in [0.5, 0.6) is 0 Å². The Bertz CT molecular complexity index is 352. The van der Waals surface area contributed by atoms with Crippen molar-refractivity contribution in [2.45, 2.75) is 72.6 Å². The van der Waals surface area contributed by atoms with Crippen LogP contribution in [-0.2, 0) is 0 Å². The van der Waals surface area contributed by atoms with Crippen molar-refractivity contribution in [2.24, 2.45) is 5.41 Å². The summed E-state index contributed by atoms with van der Waals surface area (Å²) in [5.41, 5.74) is 1.58. The van der Waals surface area contributed by atoms with E-state index in [9.17, 15) is 0 Å². The van der Waals surface area contributed by atoms with Crippen molar-refractivity contribution >= 4 is 5.57 Å². The van der Waals surface area contributed by atoms with Crippen LogP contribution in [0, 0.1) is 5.41 Å². The lowest BCUT2D eigenvalue weighted by atomic mass is 9.90. The molecule has 0 unspecified atom stereocenters. The van der Waals surface area contributed by atoms with Crippen molar-refractivity contribution < 1.29 is 4.42 Å². The number of hydrogen-bond acceptors (Lipinski definition) is 1. The quantitative estimate of drug-likeness (QED) is 0.490. The van der Waals surface area contributed by atoms with Gasteiger partial charge in [0.1, 0.15) is 5.76 Å². The standard InChI is InChI=1S/C18H30O/c1-5-6-7-8-9-10-12-16(15-18(2,3)4)17-13-11-14-19-17/h11,13-15H,5-10,12H2,1-4H3/b16-15+. The van der Waals surface area contributed by atoms with Gasteiger partial charge in [0.25, 0.3) is 0 Å². The van der Waals surface area contributed by atoms with Crippen molar-refractivity contribution in [3.8, 4) is 0 Å². The van der Waals surface area contributed by atoms with Crippen LogP contribution in [0.3, 0.4) is 0 Å². The zero-order valence-electron chi connectivity index (χ0n) is 13.2. The van der Waals surface area contributed by atoms with Crippen LogP contribution in [0.2, 0.25) is 0 Å². The number of rotatable bonds is 8. The van der Waals surface area contributed by atoms with E-state index in [1.807, 2.05) is 6.07 Å². The Morgan fingerprint density at radius 1 is 1.11 bits per heavy atom. The molecule has 0 aliphatic rings. The predicted molar refractivity (Wildman–Crippen MR) is 84.1 cm³/mol. The van der Waals surface area contributed by atoms with Crippen LogP contribution in [0.4, 0.5) is 0 Å². The summed E-state index contributed by atoms with van der Waals surface area (Å²) in [5.74, 6) is 1.04. The second-order valence-corrected chi connectivity index (χ2v) is 6.53. The molecule has 0 aromatic carbocycles. The van der Waals surface area contributed by atoms with E-state index in [1.165, 1.54) is 44.1 Å². The van der Waals surface area contributed by atoms with Gasteiger partial charge in [0.15, 0.2) is 0 Å². The zero-order chi connectivity index (χ0) is 14.1. The molecular formula is C18H30O. The summed E-state index contributed by atoms with van der Waals surface area (Å²) >= 11 is 0. The summed E-state index contributed by atoms with van der Waals surface area (Å²) in [6.07, 6.45) is 13.3. The monoisotopic (exact) mass is 262 g/mol. The highest BCUT2D eigenvalue weighted by atomic mass is 16.3. The fourth-order valence-electron chi connectivity index (χ4n) is 2.35. The minimum atomic E-state index is 0.213. The van der Waals surface area contributed by atoms with Gasteiger partial charge in [0, 0.05) is 0 Å². The zero-order valence-corrected chi connectivity index (χ0v) is 13.2. The molecule has 1 aromatic heterocycles. The van der Waals surface area contributed by atoms with E-state index in [-0.39, 0.29) is 5.41 Å². The third-order valence-corrected chi connectivity index (χ3v) is 3.24. The number of hydrogen-bond donors (Lipinski definition) is 0. The van der Waals surface area contributed by atoms with Crippen LogP contribution in [0.1, 0.15) is 78.4 Å². The molecule has 0 atom stereocenters. The first-order chi connectivity index (χ1) is 9.03. The smallest absolute Gasteiger partial charge is 0.129 e. The maximum atomic E-state index is 5.57. The van der Waals surface area contributed by atoms with Crippen molar-refractivity contribution in [3.63, 3.8) is 0 Å². The first-order valence-corrected chi connectivity index (χ1v) is 7.78. The normalized spacial score (nSPS) is 12.9. The molecule has 0 bridgehead atoms. The summed E-state index contributed by atoms with van der Waals surface area (Å²) < 4.78 is 5.57. The first kappa shape index (κ1) is 16.1. The van der Waals surface area contributed by atoms with Crippen molar-refractivity contribution in [1.82, 2.24) is 0 Å². The SMILES string of the molecule is CCCCCCCC/C(=C\C(C)(C)C)c1ccco1. The van der Waals surface area contributed by atoms with E-state index in [4.69, 9.17) is 4.42 Å². The molecule has 0 spiro atoms. The highest BCUT2D eigenvalue weighted by Crippen LogP contribution is 2.28. The van der Waals surface area contributed by atoms with Gasteiger partial charge in [0.2, 0.25) is 0 Å². The molecule has 0 N–H and O–H groups in total. The molecule has 0 amide bonds. The summed E-state index contributed by atoms with van der Waals surface area (Å²) in [4.78, 5) is 0. The van der Waals surface area contributed by atoms with E-state index in [0.29, 0.717) is 0 Å². The fraction of sp³-hybridized carbons (Fsp3) is 0.667. The van der Waals surface area contributed by atoms with Gasteiger partial charge in [-0.1, -0.05) is 65.9 Å². The Hall–Kier alpha value is -0.980. The molecule has 108 valence electrons. The van der Waals surface area contributed by atoms with E-state index in [1.54, 1.807) is 6.26 Å². The van der Waals surface area contributed by atoms with Crippen LogP contribution in [-0.4, -0.2) is 0 Å². The molecule has 1 rings (SSSR count). The van der Waals surface area contributed by atoms with Gasteiger partial charge < -0.3 is 4.42 Å². The number of furan rings is 1. The summed E-state index contributed by atoms with van der Waals surface area (Å²) in [6.45, 7) is 9.01. The number of unbranched alkanes of at least 4 members (excludes halogenated alkanes) is 5. The molecule has 0 saturated carbocycles. The van der Waals surface area contributed by atoms with Crippen LogP contribution in [0.25, 0.3) is 5.57 Å². The van der Waals surface area contributed by atoms with Gasteiger partial charge in [-0.15, -0.1) is 0 Å². The molecule has 1 heterocycles.